The fraction of sp³-hybridized carbons (Fsp3) is 0.0189. The van der Waals surface area contributed by atoms with E-state index in [-0.39, 0.29) is 0 Å². The topological polar surface area (TPSA) is 0 Å². The first kappa shape index (κ1) is 32.2. The van der Waals surface area contributed by atoms with Crippen LogP contribution in [-0.4, -0.2) is 0 Å². The van der Waals surface area contributed by atoms with Crippen LogP contribution in [0.3, 0.4) is 0 Å². The van der Waals surface area contributed by atoms with Gasteiger partial charge < -0.3 is 0 Å². The van der Waals surface area contributed by atoms with Gasteiger partial charge in [-0.2, -0.15) is 0 Å². The summed E-state index contributed by atoms with van der Waals surface area (Å²) in [4.78, 5) is 0. The minimum Gasteiger partial charge on any atom is -0.106 e. The van der Waals surface area contributed by atoms with E-state index >= 15 is 0 Å². The van der Waals surface area contributed by atoms with Gasteiger partial charge in [0.15, 0.2) is 0 Å². The third kappa shape index (κ3) is 5.14. The Bertz CT molecular complexity index is 3010. The smallest absolute Gasteiger partial charge is 0.00261 e. The predicted molar refractivity (Wildman–Crippen MR) is 234 cm³/mol. The van der Waals surface area contributed by atoms with Gasteiger partial charge in [0, 0.05) is 0 Å². The first-order valence-corrected chi connectivity index (χ1v) is 18.2. The van der Waals surface area contributed by atoms with Gasteiger partial charge >= 0.3 is 0 Å². The molecule has 0 radical (unpaired) electrons. The van der Waals surface area contributed by atoms with Gasteiger partial charge in [-0.25, -0.2) is 0 Å². The average molecular weight is 675 g/mol. The molecule has 10 rings (SSSR count). The zero-order valence-electron chi connectivity index (χ0n) is 29.9. The number of rotatable bonds is 4. The van der Waals surface area contributed by atoms with Crippen LogP contribution < -0.4 is 0 Å². The minimum atomic E-state index is 1.20. The second kappa shape index (κ2) is 13.1. The second-order valence-corrected chi connectivity index (χ2v) is 13.7. The highest BCUT2D eigenvalue weighted by Gasteiger charge is 2.18. The maximum Gasteiger partial charge on any atom is -0.00261 e. The molecule has 0 saturated carbocycles. The first-order chi connectivity index (χ1) is 26.2. The van der Waals surface area contributed by atoms with Crippen LogP contribution in [0, 0.1) is 6.92 Å². The van der Waals surface area contributed by atoms with Crippen molar-refractivity contribution in [2.24, 2.45) is 0 Å². The largest absolute Gasteiger partial charge is 0.106 e. The van der Waals surface area contributed by atoms with Crippen molar-refractivity contribution < 1.29 is 0 Å². The van der Waals surface area contributed by atoms with E-state index in [1.165, 1.54) is 109 Å². The Labute approximate surface area is 310 Å². The van der Waals surface area contributed by atoms with Crippen LogP contribution in [-0.2, 0) is 0 Å². The van der Waals surface area contributed by atoms with Crippen LogP contribution >= 0.6 is 0 Å². The third-order valence-corrected chi connectivity index (χ3v) is 10.9. The van der Waals surface area contributed by atoms with Gasteiger partial charge in [-0.05, 0) is 134 Å². The molecule has 0 heteroatoms. The molecule has 0 unspecified atom stereocenters. The standard InChI is InChI=1S/C51H34.C2H4/c1-3-38-32(2)23-24-34-25-27-36(30-47(34)38)50-43-18-8-10-20-45(43)51(46-21-11-9-19-44(46)50)37-28-26-35-29-49(42-17-7-6-16-41(42)48(35)31-37)40-22-12-14-33-13-4-5-15-39(33)40;1-2/h3-31H,1H2,2H3;1-2H2. The van der Waals surface area contributed by atoms with Crippen molar-refractivity contribution in [2.45, 2.75) is 6.92 Å². The van der Waals surface area contributed by atoms with E-state index < -0.39 is 0 Å². The zero-order chi connectivity index (χ0) is 36.1. The summed E-state index contributed by atoms with van der Waals surface area (Å²) in [5.74, 6) is 0. The lowest BCUT2D eigenvalue weighted by Crippen LogP contribution is -1.92. The predicted octanol–water partition coefficient (Wildman–Crippen LogP) is 15.4. The molecule has 0 aliphatic rings. The number of aryl methyl sites for hydroxylation is 1. The average Bonchev–Trinajstić information content (AvgIpc) is 3.22. The normalized spacial score (nSPS) is 11.3. The van der Waals surface area contributed by atoms with Gasteiger partial charge in [0.05, 0.1) is 0 Å². The van der Waals surface area contributed by atoms with Crippen LogP contribution in [0.15, 0.2) is 190 Å². The lowest BCUT2D eigenvalue weighted by Gasteiger charge is -2.19. The molecule has 250 valence electrons. The Kier molecular flexibility index (Phi) is 7.95. The molecule has 0 saturated heterocycles. The summed E-state index contributed by atoms with van der Waals surface area (Å²) < 4.78 is 0. The number of hydrogen-bond acceptors (Lipinski definition) is 0. The summed E-state index contributed by atoms with van der Waals surface area (Å²) in [5.41, 5.74) is 9.99. The van der Waals surface area contributed by atoms with Gasteiger partial charge in [0.2, 0.25) is 0 Å². The highest BCUT2D eigenvalue weighted by molar-refractivity contribution is 6.23. The molecule has 0 nitrogen and oxygen atoms in total. The van der Waals surface area contributed by atoms with Crippen molar-refractivity contribution in [3.05, 3.63) is 201 Å². The fourth-order valence-electron chi connectivity index (χ4n) is 8.57. The SMILES string of the molecule is C=C.C=Cc1c(C)ccc2ccc(-c3c4ccccc4c(-c4ccc5cc(-c6cccc7ccccc67)c6ccccc6c5c4)c4ccccc34)cc12. The van der Waals surface area contributed by atoms with E-state index in [4.69, 9.17) is 0 Å². The lowest BCUT2D eigenvalue weighted by atomic mass is 9.84. The fourth-order valence-corrected chi connectivity index (χ4v) is 8.57. The monoisotopic (exact) mass is 674 g/mol. The van der Waals surface area contributed by atoms with Crippen molar-refractivity contribution in [1.82, 2.24) is 0 Å². The van der Waals surface area contributed by atoms with Crippen LogP contribution in [0.5, 0.6) is 0 Å². The Morgan fingerprint density at radius 2 is 0.830 bits per heavy atom. The van der Waals surface area contributed by atoms with Crippen LogP contribution in [0.4, 0.5) is 0 Å². The Morgan fingerprint density at radius 3 is 1.45 bits per heavy atom. The van der Waals surface area contributed by atoms with E-state index in [0.29, 0.717) is 0 Å². The van der Waals surface area contributed by atoms with Crippen LogP contribution in [0.25, 0.3) is 104 Å². The molecular weight excluding hydrogens is 637 g/mol. The Morgan fingerprint density at radius 1 is 0.358 bits per heavy atom. The molecule has 0 bridgehead atoms. The zero-order valence-corrected chi connectivity index (χ0v) is 29.9. The summed E-state index contributed by atoms with van der Waals surface area (Å²) in [7, 11) is 0. The third-order valence-electron chi connectivity index (χ3n) is 10.9. The molecule has 0 aliphatic heterocycles. The van der Waals surface area contributed by atoms with E-state index in [0.717, 1.165) is 0 Å². The van der Waals surface area contributed by atoms with Gasteiger partial charge in [0.1, 0.15) is 0 Å². The maximum absolute atomic E-state index is 4.16. The van der Waals surface area contributed by atoms with E-state index in [1.807, 2.05) is 6.08 Å². The van der Waals surface area contributed by atoms with E-state index in [9.17, 15) is 0 Å². The molecule has 0 N–H and O–H groups in total. The molecule has 0 atom stereocenters. The minimum absolute atomic E-state index is 1.20. The number of hydrogen-bond donors (Lipinski definition) is 0. The highest BCUT2D eigenvalue weighted by atomic mass is 14.2. The van der Waals surface area contributed by atoms with Crippen LogP contribution in [0.2, 0.25) is 0 Å². The Hall–Kier alpha value is -6.76. The van der Waals surface area contributed by atoms with Crippen molar-refractivity contribution in [3.63, 3.8) is 0 Å². The summed E-state index contributed by atoms with van der Waals surface area (Å²) in [6, 6.07) is 62.9. The molecule has 0 aliphatic carbocycles. The summed E-state index contributed by atoms with van der Waals surface area (Å²) in [6.45, 7) is 12.3. The molecular formula is C53H38. The van der Waals surface area contributed by atoms with Crippen LogP contribution in [0.1, 0.15) is 11.1 Å². The van der Waals surface area contributed by atoms with Gasteiger partial charge in [-0.15, -0.1) is 13.2 Å². The summed E-state index contributed by atoms with van der Waals surface area (Å²) >= 11 is 0. The molecule has 0 spiro atoms. The molecule has 10 aromatic rings. The molecule has 53 heavy (non-hydrogen) atoms. The van der Waals surface area contributed by atoms with Crippen molar-refractivity contribution in [3.8, 4) is 33.4 Å². The molecule has 0 amide bonds. The van der Waals surface area contributed by atoms with Crippen molar-refractivity contribution >= 4 is 70.7 Å². The van der Waals surface area contributed by atoms with Gasteiger partial charge in [-0.1, -0.05) is 164 Å². The molecule has 0 aromatic heterocycles. The van der Waals surface area contributed by atoms with Crippen molar-refractivity contribution in [2.75, 3.05) is 0 Å². The van der Waals surface area contributed by atoms with Gasteiger partial charge in [-0.3, -0.25) is 0 Å². The molecule has 0 fully saturated rings. The quantitative estimate of drug-likeness (QED) is 0.0990. The van der Waals surface area contributed by atoms with Gasteiger partial charge in [0.25, 0.3) is 0 Å². The van der Waals surface area contributed by atoms with Crippen molar-refractivity contribution in [1.29, 1.82) is 0 Å². The number of benzene rings is 10. The number of fused-ring (bicyclic) bond motifs is 7. The maximum atomic E-state index is 4.16. The summed E-state index contributed by atoms with van der Waals surface area (Å²) in [5, 5.41) is 15.1. The highest BCUT2D eigenvalue weighted by Crippen LogP contribution is 2.46. The molecule has 10 aromatic carbocycles. The second-order valence-electron chi connectivity index (χ2n) is 13.7. The first-order valence-electron chi connectivity index (χ1n) is 18.2. The molecule has 0 heterocycles. The Balaban J connectivity index is 0.00000183. The van der Waals surface area contributed by atoms with E-state index in [2.05, 4.69) is 197 Å². The van der Waals surface area contributed by atoms with E-state index in [1.54, 1.807) is 0 Å². The lowest BCUT2D eigenvalue weighted by molar-refractivity contribution is 1.48. The summed E-state index contributed by atoms with van der Waals surface area (Å²) in [6.07, 6.45) is 2.00.